The molecular formula is C23H26F4N2O2. The molecule has 168 valence electrons. The van der Waals surface area contributed by atoms with Gasteiger partial charge >= 0.3 is 12.3 Å². The van der Waals surface area contributed by atoms with Crippen molar-refractivity contribution in [2.45, 2.75) is 38.2 Å². The van der Waals surface area contributed by atoms with Gasteiger partial charge in [-0.25, -0.2) is 8.78 Å². The Kier molecular flexibility index (Phi) is 6.79. The van der Waals surface area contributed by atoms with Crippen molar-refractivity contribution in [3.05, 3.63) is 59.8 Å². The highest BCUT2D eigenvalue weighted by molar-refractivity contribution is 5.85. The number of methoxy groups -OCH3 is 1. The van der Waals surface area contributed by atoms with Crippen LogP contribution in [0.15, 0.2) is 48.7 Å². The lowest BCUT2D eigenvalue weighted by atomic mass is 9.84. The largest absolute Gasteiger partial charge is 0.497 e. The zero-order valence-electron chi connectivity index (χ0n) is 17.6. The number of ether oxygens (including phenoxy) is 2. The molecule has 0 spiro atoms. The molecule has 0 fully saturated rings. The van der Waals surface area contributed by atoms with E-state index >= 15 is 0 Å². The molecule has 2 aromatic carbocycles. The normalized spacial score (nSPS) is 12.5. The molecule has 3 aromatic rings. The van der Waals surface area contributed by atoms with E-state index in [1.807, 2.05) is 30.5 Å². The van der Waals surface area contributed by atoms with Crippen molar-refractivity contribution in [2.75, 3.05) is 20.3 Å². The zero-order valence-corrected chi connectivity index (χ0v) is 17.6. The number of nitrogens with one attached hydrogen (secondary N) is 2. The molecule has 1 aromatic heterocycles. The number of aromatic amines is 1. The average Bonchev–Trinajstić information content (AvgIpc) is 3.16. The van der Waals surface area contributed by atoms with Crippen LogP contribution in [0.3, 0.4) is 0 Å². The number of fused-ring (bicyclic) bond motifs is 1. The number of rotatable bonds is 10. The molecule has 0 unspecified atom stereocenters. The summed E-state index contributed by atoms with van der Waals surface area (Å²) in [7, 11) is 1.63. The first-order valence-electron chi connectivity index (χ1n) is 9.86. The van der Waals surface area contributed by atoms with Gasteiger partial charge in [-0.15, -0.1) is 0 Å². The summed E-state index contributed by atoms with van der Waals surface area (Å²) < 4.78 is 60.9. The standard InChI is InChI=1S/C23H26F4N2O2/c1-22(2,19-12-29-20-8-7-16(30-3)10-18(19)20)13-28-11-15-5-4-6-17(9-15)31-14-23(26,27)21(24)25/h4-10,12,21,28-29H,11,13-14H2,1-3H3. The Hall–Kier alpha value is -2.74. The van der Waals surface area contributed by atoms with Gasteiger partial charge in [0.1, 0.15) is 11.5 Å². The summed E-state index contributed by atoms with van der Waals surface area (Å²) >= 11 is 0. The summed E-state index contributed by atoms with van der Waals surface area (Å²) in [5.74, 6) is -3.27. The molecule has 0 saturated carbocycles. The predicted molar refractivity (Wildman–Crippen MR) is 112 cm³/mol. The number of hydrogen-bond acceptors (Lipinski definition) is 3. The van der Waals surface area contributed by atoms with Crippen molar-refractivity contribution in [3.8, 4) is 11.5 Å². The van der Waals surface area contributed by atoms with Gasteiger partial charge < -0.3 is 19.8 Å². The molecule has 0 aliphatic heterocycles. The number of alkyl halides is 4. The van der Waals surface area contributed by atoms with Gasteiger partial charge in [-0.1, -0.05) is 26.0 Å². The van der Waals surface area contributed by atoms with E-state index in [1.54, 1.807) is 19.2 Å². The number of aromatic nitrogens is 1. The number of H-pyrrole nitrogens is 1. The van der Waals surface area contributed by atoms with E-state index in [1.165, 1.54) is 6.07 Å². The van der Waals surface area contributed by atoms with E-state index in [4.69, 9.17) is 9.47 Å². The molecule has 0 aliphatic rings. The highest BCUT2D eigenvalue weighted by Gasteiger charge is 2.41. The van der Waals surface area contributed by atoms with Gasteiger partial charge in [0.05, 0.1) is 7.11 Å². The Labute approximate surface area is 178 Å². The number of halogens is 4. The maximum atomic E-state index is 13.1. The second kappa shape index (κ2) is 9.18. The third-order valence-corrected chi connectivity index (χ3v) is 5.16. The van der Waals surface area contributed by atoms with E-state index in [-0.39, 0.29) is 11.2 Å². The number of benzene rings is 2. The summed E-state index contributed by atoms with van der Waals surface area (Å²) in [6.07, 6.45) is -1.77. The van der Waals surface area contributed by atoms with Gasteiger partial charge in [-0.2, -0.15) is 8.78 Å². The molecule has 31 heavy (non-hydrogen) atoms. The summed E-state index contributed by atoms with van der Waals surface area (Å²) in [5.41, 5.74) is 2.75. The van der Waals surface area contributed by atoms with Gasteiger partial charge in [-0.05, 0) is 41.5 Å². The summed E-state index contributed by atoms with van der Waals surface area (Å²) in [4.78, 5) is 3.28. The monoisotopic (exact) mass is 438 g/mol. The van der Waals surface area contributed by atoms with Crippen molar-refractivity contribution in [1.29, 1.82) is 0 Å². The topological polar surface area (TPSA) is 46.3 Å². The molecule has 0 bridgehead atoms. The lowest BCUT2D eigenvalue weighted by molar-refractivity contribution is -0.148. The molecule has 0 atom stereocenters. The van der Waals surface area contributed by atoms with Crippen LogP contribution in [0.4, 0.5) is 17.6 Å². The lowest BCUT2D eigenvalue weighted by Crippen LogP contribution is -2.33. The van der Waals surface area contributed by atoms with Gasteiger partial charge in [0, 0.05) is 35.6 Å². The molecule has 1 heterocycles. The van der Waals surface area contributed by atoms with Crippen LogP contribution >= 0.6 is 0 Å². The second-order valence-corrected chi connectivity index (χ2v) is 8.10. The lowest BCUT2D eigenvalue weighted by Gasteiger charge is -2.25. The van der Waals surface area contributed by atoms with Gasteiger partial charge in [0.25, 0.3) is 0 Å². The maximum Gasteiger partial charge on any atom is 0.340 e. The Morgan fingerprint density at radius 2 is 1.84 bits per heavy atom. The fraction of sp³-hybridized carbons (Fsp3) is 0.391. The first kappa shape index (κ1) is 22.9. The second-order valence-electron chi connectivity index (χ2n) is 8.10. The van der Waals surface area contributed by atoms with Crippen LogP contribution in [0.5, 0.6) is 11.5 Å². The number of hydrogen-bond donors (Lipinski definition) is 2. The first-order valence-corrected chi connectivity index (χ1v) is 9.86. The van der Waals surface area contributed by atoms with Gasteiger partial charge in [0.15, 0.2) is 6.61 Å². The fourth-order valence-electron chi connectivity index (χ4n) is 3.39. The quantitative estimate of drug-likeness (QED) is 0.410. The minimum Gasteiger partial charge on any atom is -0.497 e. The van der Waals surface area contributed by atoms with Crippen molar-refractivity contribution in [1.82, 2.24) is 10.3 Å². The van der Waals surface area contributed by atoms with Crippen molar-refractivity contribution in [2.24, 2.45) is 0 Å². The van der Waals surface area contributed by atoms with Crippen LogP contribution in [0, 0.1) is 0 Å². The minimum atomic E-state index is -4.18. The Morgan fingerprint density at radius 1 is 1.06 bits per heavy atom. The van der Waals surface area contributed by atoms with Crippen LogP contribution in [0.25, 0.3) is 10.9 Å². The first-order chi connectivity index (χ1) is 14.6. The fourth-order valence-corrected chi connectivity index (χ4v) is 3.39. The third-order valence-electron chi connectivity index (χ3n) is 5.16. The van der Waals surface area contributed by atoms with Crippen LogP contribution in [0.1, 0.15) is 25.0 Å². The summed E-state index contributed by atoms with van der Waals surface area (Å²) in [6.45, 7) is 3.99. The van der Waals surface area contributed by atoms with Crippen LogP contribution in [0.2, 0.25) is 0 Å². The molecule has 8 heteroatoms. The van der Waals surface area contributed by atoms with E-state index in [9.17, 15) is 17.6 Å². The Morgan fingerprint density at radius 3 is 2.55 bits per heavy atom. The summed E-state index contributed by atoms with van der Waals surface area (Å²) in [5, 5.41) is 4.46. The molecule has 0 saturated heterocycles. The molecule has 3 rings (SSSR count). The van der Waals surface area contributed by atoms with Crippen LogP contribution < -0.4 is 14.8 Å². The average molecular weight is 438 g/mol. The van der Waals surface area contributed by atoms with Crippen LogP contribution in [-0.4, -0.2) is 37.6 Å². The molecule has 2 N–H and O–H groups in total. The van der Waals surface area contributed by atoms with Crippen molar-refractivity contribution < 1.29 is 27.0 Å². The van der Waals surface area contributed by atoms with E-state index in [0.717, 1.165) is 27.8 Å². The van der Waals surface area contributed by atoms with Crippen molar-refractivity contribution >= 4 is 10.9 Å². The van der Waals surface area contributed by atoms with Gasteiger partial charge in [-0.3, -0.25) is 0 Å². The van der Waals surface area contributed by atoms with Gasteiger partial charge in [0.2, 0.25) is 0 Å². The SMILES string of the molecule is COc1ccc2[nH]cc(C(C)(C)CNCc3cccc(OCC(F)(F)C(F)F)c3)c2c1. The Bertz CT molecular complexity index is 1020. The molecule has 0 amide bonds. The highest BCUT2D eigenvalue weighted by atomic mass is 19.3. The third kappa shape index (κ3) is 5.50. The highest BCUT2D eigenvalue weighted by Crippen LogP contribution is 2.32. The van der Waals surface area contributed by atoms with Crippen molar-refractivity contribution in [3.63, 3.8) is 0 Å². The van der Waals surface area contributed by atoms with E-state index in [2.05, 4.69) is 24.1 Å². The molecule has 0 aliphatic carbocycles. The molecular weight excluding hydrogens is 412 g/mol. The maximum absolute atomic E-state index is 13.1. The van der Waals surface area contributed by atoms with E-state index < -0.39 is 19.0 Å². The zero-order chi connectivity index (χ0) is 22.6. The smallest absolute Gasteiger partial charge is 0.340 e. The Balaban J connectivity index is 1.62. The minimum absolute atomic E-state index is 0.127. The predicted octanol–water partition coefficient (Wildman–Crippen LogP) is 5.52. The van der Waals surface area contributed by atoms with Crippen LogP contribution in [-0.2, 0) is 12.0 Å². The molecule has 0 radical (unpaired) electrons. The summed E-state index contributed by atoms with van der Waals surface area (Å²) in [6, 6.07) is 12.4. The van der Waals surface area contributed by atoms with E-state index in [0.29, 0.717) is 13.1 Å². The molecule has 4 nitrogen and oxygen atoms in total.